The summed E-state index contributed by atoms with van der Waals surface area (Å²) in [6, 6.07) is 21.5. The second kappa shape index (κ2) is 9.16. The molecular weight excluding hydrogens is 452 g/mol. The second-order valence-electron chi connectivity index (χ2n) is 9.17. The van der Waals surface area contributed by atoms with Crippen molar-refractivity contribution in [2.24, 2.45) is 0 Å². The molecule has 1 saturated heterocycles. The number of hydrogen-bond acceptors (Lipinski definition) is 6. The Hall–Kier alpha value is -3.70. The summed E-state index contributed by atoms with van der Waals surface area (Å²) < 4.78 is 0. The highest BCUT2D eigenvalue weighted by molar-refractivity contribution is 7.22. The Balaban J connectivity index is 1.33. The summed E-state index contributed by atoms with van der Waals surface area (Å²) in [7, 11) is 2.19. The first-order valence-electron chi connectivity index (χ1n) is 11.8. The molecule has 1 aliphatic rings. The van der Waals surface area contributed by atoms with Gasteiger partial charge in [-0.25, -0.2) is 4.98 Å². The Labute approximate surface area is 208 Å². The van der Waals surface area contributed by atoms with E-state index in [2.05, 4.69) is 74.6 Å². The molecule has 7 heteroatoms. The quantitative estimate of drug-likeness (QED) is 0.334. The molecule has 3 aromatic heterocycles. The Kier molecular flexibility index (Phi) is 5.71. The molecule has 0 aliphatic carbocycles. The number of aromatic amines is 1. The lowest BCUT2D eigenvalue weighted by atomic mass is 10.1. The number of pyridine rings is 1. The summed E-state index contributed by atoms with van der Waals surface area (Å²) >= 11 is 1.67. The SMILES string of the molecule is CN1CCN(Cc2cccc(-c3cc4c(Nc5ccc6[nH]ccc6c5)c(C#N)cnc4s3)c2)CC1. The van der Waals surface area contributed by atoms with Crippen LogP contribution in [0.4, 0.5) is 11.4 Å². The summed E-state index contributed by atoms with van der Waals surface area (Å²) in [5.41, 5.74) is 5.91. The summed E-state index contributed by atoms with van der Waals surface area (Å²) in [6.07, 6.45) is 3.60. The minimum absolute atomic E-state index is 0.542. The number of rotatable bonds is 5. The largest absolute Gasteiger partial charge is 0.361 e. The fourth-order valence-electron chi connectivity index (χ4n) is 4.71. The van der Waals surface area contributed by atoms with Crippen molar-refractivity contribution in [1.29, 1.82) is 5.26 Å². The first-order chi connectivity index (χ1) is 17.2. The van der Waals surface area contributed by atoms with Crippen LogP contribution in [0.1, 0.15) is 11.1 Å². The van der Waals surface area contributed by atoms with Crippen molar-refractivity contribution in [2.45, 2.75) is 6.54 Å². The van der Waals surface area contributed by atoms with E-state index < -0.39 is 0 Å². The Morgan fingerprint density at radius 2 is 1.97 bits per heavy atom. The van der Waals surface area contributed by atoms with Gasteiger partial charge in [-0.3, -0.25) is 4.90 Å². The van der Waals surface area contributed by atoms with Crippen LogP contribution in [-0.4, -0.2) is 53.0 Å². The minimum atomic E-state index is 0.542. The van der Waals surface area contributed by atoms with Crippen LogP contribution in [0.5, 0.6) is 0 Å². The molecule has 2 N–H and O–H groups in total. The molecule has 0 amide bonds. The molecule has 0 radical (unpaired) electrons. The number of nitrogens with zero attached hydrogens (tertiary/aromatic N) is 4. The zero-order valence-corrected chi connectivity index (χ0v) is 20.4. The number of hydrogen-bond donors (Lipinski definition) is 2. The molecule has 2 aromatic carbocycles. The van der Waals surface area contributed by atoms with Crippen molar-refractivity contribution in [1.82, 2.24) is 19.8 Å². The number of likely N-dealkylation sites (N-methyl/N-ethyl adjacent to an activating group) is 1. The third-order valence-corrected chi connectivity index (χ3v) is 7.81. The van der Waals surface area contributed by atoms with E-state index in [-0.39, 0.29) is 0 Å². The van der Waals surface area contributed by atoms with Crippen LogP contribution in [0, 0.1) is 11.3 Å². The molecule has 6 rings (SSSR count). The van der Waals surface area contributed by atoms with Crippen molar-refractivity contribution >= 4 is 43.8 Å². The zero-order valence-electron chi connectivity index (χ0n) is 19.6. The first-order valence-corrected chi connectivity index (χ1v) is 12.6. The molecule has 0 spiro atoms. The fourth-order valence-corrected chi connectivity index (χ4v) is 5.72. The van der Waals surface area contributed by atoms with Crippen LogP contribution in [0.2, 0.25) is 0 Å². The van der Waals surface area contributed by atoms with Crippen molar-refractivity contribution in [3.63, 3.8) is 0 Å². The highest BCUT2D eigenvalue weighted by atomic mass is 32.1. The fraction of sp³-hybridized carbons (Fsp3) is 0.214. The number of nitrogens with one attached hydrogen (secondary N) is 2. The van der Waals surface area contributed by atoms with Crippen molar-refractivity contribution < 1.29 is 0 Å². The van der Waals surface area contributed by atoms with Crippen LogP contribution >= 0.6 is 11.3 Å². The number of nitriles is 1. The number of fused-ring (bicyclic) bond motifs is 2. The van der Waals surface area contributed by atoms with Crippen molar-refractivity contribution in [3.05, 3.63) is 78.1 Å². The molecule has 1 aliphatic heterocycles. The van der Waals surface area contributed by atoms with Gasteiger partial charge in [0.05, 0.1) is 11.3 Å². The van der Waals surface area contributed by atoms with Gasteiger partial charge < -0.3 is 15.2 Å². The molecule has 6 nitrogen and oxygen atoms in total. The van der Waals surface area contributed by atoms with E-state index in [1.807, 2.05) is 24.4 Å². The highest BCUT2D eigenvalue weighted by Crippen LogP contribution is 2.39. The van der Waals surface area contributed by atoms with Gasteiger partial charge in [-0.05, 0) is 54.6 Å². The third kappa shape index (κ3) is 4.40. The van der Waals surface area contributed by atoms with E-state index in [0.717, 1.165) is 70.1 Å². The van der Waals surface area contributed by atoms with Crippen LogP contribution < -0.4 is 5.32 Å². The standard InChI is InChI=1S/C28H26N6S/c1-33-9-11-34(12-10-33)18-19-3-2-4-21(13-19)26-15-24-27(22(16-29)17-31-28(24)35-26)32-23-5-6-25-20(14-23)7-8-30-25/h2-8,13-15,17,30H,9-12,18H2,1H3,(H,31,32). The number of piperazine rings is 1. The summed E-state index contributed by atoms with van der Waals surface area (Å²) in [5, 5.41) is 15.4. The Bertz CT molecular complexity index is 1550. The maximum absolute atomic E-state index is 9.79. The van der Waals surface area contributed by atoms with Gasteiger partial charge in [-0.15, -0.1) is 11.3 Å². The monoisotopic (exact) mass is 478 g/mol. The van der Waals surface area contributed by atoms with E-state index in [9.17, 15) is 5.26 Å². The van der Waals surface area contributed by atoms with Crippen LogP contribution in [-0.2, 0) is 6.54 Å². The molecule has 0 bridgehead atoms. The molecule has 1 fully saturated rings. The summed E-state index contributed by atoms with van der Waals surface area (Å²) in [6.45, 7) is 5.42. The van der Waals surface area contributed by atoms with E-state index >= 15 is 0 Å². The smallest absolute Gasteiger partial charge is 0.126 e. The molecule has 35 heavy (non-hydrogen) atoms. The van der Waals surface area contributed by atoms with Gasteiger partial charge in [-0.2, -0.15) is 5.26 Å². The van der Waals surface area contributed by atoms with Gasteiger partial charge in [0.1, 0.15) is 10.9 Å². The third-order valence-electron chi connectivity index (χ3n) is 6.72. The molecule has 0 saturated carbocycles. The van der Waals surface area contributed by atoms with Gasteiger partial charge in [0.25, 0.3) is 0 Å². The number of H-pyrrole nitrogens is 1. The van der Waals surface area contributed by atoms with E-state index in [1.54, 1.807) is 17.5 Å². The predicted octanol–water partition coefficient (Wildman–Crippen LogP) is 5.81. The molecule has 5 aromatic rings. The lowest BCUT2D eigenvalue weighted by Crippen LogP contribution is -2.43. The van der Waals surface area contributed by atoms with Crippen molar-refractivity contribution in [2.75, 3.05) is 38.5 Å². The van der Waals surface area contributed by atoms with Crippen molar-refractivity contribution in [3.8, 4) is 16.5 Å². The Morgan fingerprint density at radius 3 is 2.83 bits per heavy atom. The summed E-state index contributed by atoms with van der Waals surface area (Å²) in [4.78, 5) is 14.8. The average molecular weight is 479 g/mol. The Morgan fingerprint density at radius 1 is 1.09 bits per heavy atom. The first kappa shape index (κ1) is 21.8. The molecule has 4 heterocycles. The van der Waals surface area contributed by atoms with Crippen LogP contribution in [0.15, 0.2) is 67.0 Å². The van der Waals surface area contributed by atoms with Gasteiger partial charge >= 0.3 is 0 Å². The topological polar surface area (TPSA) is 71.0 Å². The van der Waals surface area contributed by atoms with E-state index in [1.165, 1.54) is 11.1 Å². The second-order valence-corrected chi connectivity index (χ2v) is 10.2. The number of benzene rings is 2. The van der Waals surface area contributed by atoms with Gasteiger partial charge in [0.15, 0.2) is 0 Å². The molecular formula is C28H26N6S. The molecule has 0 unspecified atom stereocenters. The van der Waals surface area contributed by atoms with E-state index in [0.29, 0.717) is 5.56 Å². The van der Waals surface area contributed by atoms with Crippen LogP contribution in [0.25, 0.3) is 31.6 Å². The van der Waals surface area contributed by atoms with Gasteiger partial charge in [-0.1, -0.05) is 18.2 Å². The maximum atomic E-state index is 9.79. The highest BCUT2D eigenvalue weighted by Gasteiger charge is 2.16. The normalized spacial score (nSPS) is 15.0. The molecule has 0 atom stereocenters. The van der Waals surface area contributed by atoms with Crippen LogP contribution in [0.3, 0.4) is 0 Å². The maximum Gasteiger partial charge on any atom is 0.126 e. The zero-order chi connectivity index (χ0) is 23.8. The lowest BCUT2D eigenvalue weighted by Gasteiger charge is -2.32. The molecule has 174 valence electrons. The summed E-state index contributed by atoms with van der Waals surface area (Å²) in [5.74, 6) is 0. The van der Waals surface area contributed by atoms with Gasteiger partial charge in [0.2, 0.25) is 0 Å². The van der Waals surface area contributed by atoms with E-state index in [4.69, 9.17) is 0 Å². The number of aromatic nitrogens is 2. The van der Waals surface area contributed by atoms with Gasteiger partial charge in [0, 0.05) is 72.0 Å². The number of anilines is 2. The lowest BCUT2D eigenvalue weighted by molar-refractivity contribution is 0.148. The minimum Gasteiger partial charge on any atom is -0.361 e. The average Bonchev–Trinajstić information content (AvgIpc) is 3.53. The predicted molar refractivity (Wildman–Crippen MR) is 144 cm³/mol. The number of thiophene rings is 1.